The van der Waals surface area contributed by atoms with Crippen molar-refractivity contribution in [1.29, 1.82) is 0 Å². The summed E-state index contributed by atoms with van der Waals surface area (Å²) in [5, 5.41) is 4.27. The minimum absolute atomic E-state index is 0.110. The molecular weight excluding hydrogens is 296 g/mol. The van der Waals surface area contributed by atoms with Gasteiger partial charge in [0.05, 0.1) is 6.26 Å². The normalized spacial score (nSPS) is 15.2. The number of hydrogen-bond acceptors (Lipinski definition) is 6. The molecule has 0 atom stereocenters. The quantitative estimate of drug-likeness (QED) is 0.771. The van der Waals surface area contributed by atoms with Gasteiger partial charge < -0.3 is 15.1 Å². The van der Waals surface area contributed by atoms with Crippen LogP contribution < -0.4 is 5.73 Å². The van der Waals surface area contributed by atoms with Gasteiger partial charge in [-0.15, -0.1) is 5.10 Å². The summed E-state index contributed by atoms with van der Waals surface area (Å²) in [4.78, 5) is 22.9. The number of amides is 1. The van der Waals surface area contributed by atoms with Gasteiger partial charge in [0.15, 0.2) is 11.4 Å². The average molecular weight is 312 g/mol. The second kappa shape index (κ2) is 5.38. The fourth-order valence-corrected chi connectivity index (χ4v) is 2.79. The number of aromatic nitrogens is 4. The van der Waals surface area contributed by atoms with Crippen LogP contribution in [0.3, 0.4) is 0 Å². The van der Waals surface area contributed by atoms with Crippen LogP contribution in [0.1, 0.15) is 29.8 Å². The number of nitrogens with zero attached hydrogens (tertiary/aromatic N) is 5. The van der Waals surface area contributed by atoms with Crippen molar-refractivity contribution in [3.05, 3.63) is 30.2 Å². The molecule has 4 rings (SSSR count). The van der Waals surface area contributed by atoms with E-state index in [1.807, 2.05) is 4.90 Å². The molecule has 0 aromatic carbocycles. The molecule has 118 valence electrons. The second-order valence-electron chi connectivity index (χ2n) is 5.54. The van der Waals surface area contributed by atoms with Crippen LogP contribution in [0.25, 0.3) is 17.2 Å². The third kappa shape index (κ3) is 2.41. The predicted molar refractivity (Wildman–Crippen MR) is 82.7 cm³/mol. The molecule has 1 fully saturated rings. The lowest BCUT2D eigenvalue weighted by Crippen LogP contribution is -2.36. The summed E-state index contributed by atoms with van der Waals surface area (Å²) in [7, 11) is 0. The number of hydrogen-bond donors (Lipinski definition) is 1. The Hall–Kier alpha value is -2.90. The molecule has 1 aliphatic rings. The highest BCUT2D eigenvalue weighted by Crippen LogP contribution is 2.19. The Bertz CT molecular complexity index is 848. The van der Waals surface area contributed by atoms with E-state index in [0.717, 1.165) is 32.4 Å². The number of nitrogen functional groups attached to an aromatic ring is 1. The Morgan fingerprint density at radius 2 is 2.04 bits per heavy atom. The Balaban J connectivity index is 1.73. The van der Waals surface area contributed by atoms with Crippen LogP contribution in [-0.4, -0.2) is 43.5 Å². The summed E-state index contributed by atoms with van der Waals surface area (Å²) in [6.07, 6.45) is 4.76. The lowest BCUT2D eigenvalue weighted by atomic mass is 10.1. The van der Waals surface area contributed by atoms with E-state index in [-0.39, 0.29) is 11.9 Å². The molecule has 0 spiro atoms. The molecule has 3 aromatic heterocycles. The van der Waals surface area contributed by atoms with Gasteiger partial charge in [-0.3, -0.25) is 4.79 Å². The lowest BCUT2D eigenvalue weighted by molar-refractivity contribution is 0.0718. The second-order valence-corrected chi connectivity index (χ2v) is 5.54. The number of rotatable bonds is 2. The van der Waals surface area contributed by atoms with Gasteiger partial charge in [-0.2, -0.15) is 4.52 Å². The number of fused-ring (bicyclic) bond motifs is 1. The van der Waals surface area contributed by atoms with Crippen molar-refractivity contribution in [2.24, 2.45) is 0 Å². The zero-order valence-electron chi connectivity index (χ0n) is 12.5. The number of likely N-dealkylation sites (tertiary alicyclic amines) is 1. The maximum Gasteiger partial charge on any atom is 0.272 e. The SMILES string of the molecule is Nc1nc(C(=O)N2CCCCC2)cc2nc(-c3ccco3)nn12. The average Bonchev–Trinajstić information content (AvgIpc) is 3.24. The van der Waals surface area contributed by atoms with Gasteiger partial charge in [-0.1, -0.05) is 0 Å². The largest absolute Gasteiger partial charge is 0.461 e. The molecule has 2 N–H and O–H groups in total. The molecule has 23 heavy (non-hydrogen) atoms. The van der Waals surface area contributed by atoms with E-state index in [1.54, 1.807) is 24.5 Å². The van der Waals surface area contributed by atoms with E-state index in [2.05, 4.69) is 15.1 Å². The first kappa shape index (κ1) is 13.7. The van der Waals surface area contributed by atoms with Crippen LogP contribution in [0.2, 0.25) is 0 Å². The molecule has 0 radical (unpaired) electrons. The third-order valence-corrected chi connectivity index (χ3v) is 3.95. The van der Waals surface area contributed by atoms with Crippen LogP contribution in [0, 0.1) is 0 Å². The highest BCUT2D eigenvalue weighted by molar-refractivity contribution is 5.93. The highest BCUT2D eigenvalue weighted by atomic mass is 16.3. The number of anilines is 1. The summed E-state index contributed by atoms with van der Waals surface area (Å²) in [6, 6.07) is 5.14. The van der Waals surface area contributed by atoms with Gasteiger partial charge in [0.1, 0.15) is 5.69 Å². The summed E-state index contributed by atoms with van der Waals surface area (Å²) in [5.74, 6) is 0.970. The molecule has 1 aliphatic heterocycles. The maximum absolute atomic E-state index is 12.6. The van der Waals surface area contributed by atoms with Crippen LogP contribution in [0.15, 0.2) is 28.9 Å². The fourth-order valence-electron chi connectivity index (χ4n) is 2.79. The first-order valence-corrected chi connectivity index (χ1v) is 7.59. The molecule has 0 unspecified atom stereocenters. The maximum atomic E-state index is 12.6. The molecular formula is C15H16N6O2. The van der Waals surface area contributed by atoms with E-state index in [9.17, 15) is 4.79 Å². The molecule has 0 bridgehead atoms. The number of piperidine rings is 1. The van der Waals surface area contributed by atoms with E-state index >= 15 is 0 Å². The molecule has 1 amide bonds. The van der Waals surface area contributed by atoms with Crippen molar-refractivity contribution in [3.8, 4) is 11.6 Å². The van der Waals surface area contributed by atoms with Gasteiger partial charge in [-0.05, 0) is 31.4 Å². The first-order valence-electron chi connectivity index (χ1n) is 7.59. The van der Waals surface area contributed by atoms with Gasteiger partial charge in [0, 0.05) is 19.2 Å². The van der Waals surface area contributed by atoms with Crippen molar-refractivity contribution in [1.82, 2.24) is 24.5 Å². The number of furan rings is 1. The van der Waals surface area contributed by atoms with Crippen LogP contribution in [0.4, 0.5) is 5.95 Å². The highest BCUT2D eigenvalue weighted by Gasteiger charge is 2.21. The molecule has 1 saturated heterocycles. The molecule has 0 aliphatic carbocycles. The smallest absolute Gasteiger partial charge is 0.272 e. The van der Waals surface area contributed by atoms with Crippen LogP contribution >= 0.6 is 0 Å². The van der Waals surface area contributed by atoms with Crippen molar-refractivity contribution in [3.63, 3.8) is 0 Å². The zero-order valence-corrected chi connectivity index (χ0v) is 12.5. The van der Waals surface area contributed by atoms with Crippen molar-refractivity contribution in [2.45, 2.75) is 19.3 Å². The summed E-state index contributed by atoms with van der Waals surface area (Å²) in [5.41, 5.74) is 6.72. The van der Waals surface area contributed by atoms with Crippen molar-refractivity contribution in [2.75, 3.05) is 18.8 Å². The van der Waals surface area contributed by atoms with Crippen molar-refractivity contribution < 1.29 is 9.21 Å². The van der Waals surface area contributed by atoms with Gasteiger partial charge in [-0.25, -0.2) is 9.97 Å². The lowest BCUT2D eigenvalue weighted by Gasteiger charge is -2.26. The molecule has 8 heteroatoms. The standard InChI is InChI=1S/C15H16N6O2/c16-15-17-10(14(22)20-6-2-1-3-7-20)9-12-18-13(19-21(12)15)11-5-4-8-23-11/h4-5,8-9H,1-3,6-7H2,(H2,16,17). The molecule has 3 aromatic rings. The fraction of sp³-hybridized carbons (Fsp3) is 0.333. The Morgan fingerprint density at radius 3 is 2.78 bits per heavy atom. The van der Waals surface area contributed by atoms with Crippen LogP contribution in [0.5, 0.6) is 0 Å². The van der Waals surface area contributed by atoms with E-state index in [1.165, 1.54) is 4.52 Å². The van der Waals surface area contributed by atoms with E-state index in [0.29, 0.717) is 22.9 Å². The van der Waals surface area contributed by atoms with Gasteiger partial charge in [0.2, 0.25) is 11.8 Å². The minimum Gasteiger partial charge on any atom is -0.461 e. The monoisotopic (exact) mass is 312 g/mol. The summed E-state index contributed by atoms with van der Waals surface area (Å²) in [6.45, 7) is 1.52. The van der Waals surface area contributed by atoms with Crippen LogP contribution in [-0.2, 0) is 0 Å². The van der Waals surface area contributed by atoms with Gasteiger partial charge >= 0.3 is 0 Å². The van der Waals surface area contributed by atoms with E-state index < -0.39 is 0 Å². The van der Waals surface area contributed by atoms with Crippen molar-refractivity contribution >= 4 is 17.5 Å². The molecule has 4 heterocycles. The van der Waals surface area contributed by atoms with Gasteiger partial charge in [0.25, 0.3) is 5.91 Å². The molecule has 8 nitrogen and oxygen atoms in total. The summed E-state index contributed by atoms with van der Waals surface area (Å²) < 4.78 is 6.69. The number of carbonyl (C=O) groups is 1. The zero-order chi connectivity index (χ0) is 15.8. The summed E-state index contributed by atoms with van der Waals surface area (Å²) >= 11 is 0. The predicted octanol–water partition coefficient (Wildman–Crippen LogP) is 1.59. The Morgan fingerprint density at radius 1 is 1.22 bits per heavy atom. The number of nitrogens with two attached hydrogens (primary N) is 1. The Labute approximate surface area is 131 Å². The number of carbonyl (C=O) groups excluding carboxylic acids is 1. The molecule has 0 saturated carbocycles. The first-order chi connectivity index (χ1) is 11.2. The Kier molecular flexibility index (Phi) is 3.22. The topological polar surface area (TPSA) is 103 Å². The third-order valence-electron chi connectivity index (χ3n) is 3.95. The van der Waals surface area contributed by atoms with E-state index in [4.69, 9.17) is 10.2 Å². The minimum atomic E-state index is -0.110.